The van der Waals surface area contributed by atoms with Crippen LogP contribution in [0.4, 0.5) is 10.1 Å². The molecule has 3 rings (SSSR count). The van der Waals surface area contributed by atoms with Gasteiger partial charge in [0.2, 0.25) is 0 Å². The fraction of sp³-hybridized carbons (Fsp3) is 0.263. The Morgan fingerprint density at radius 2 is 1.96 bits per heavy atom. The van der Waals surface area contributed by atoms with Gasteiger partial charge in [-0.1, -0.05) is 0 Å². The Morgan fingerprint density at radius 1 is 1.22 bits per heavy atom. The van der Waals surface area contributed by atoms with E-state index in [0.29, 0.717) is 35.6 Å². The van der Waals surface area contributed by atoms with Crippen LogP contribution in [0.1, 0.15) is 0 Å². The average molecular weight is 373 g/mol. The van der Waals surface area contributed by atoms with Gasteiger partial charge in [0, 0.05) is 18.8 Å². The lowest BCUT2D eigenvalue weighted by molar-refractivity contribution is -0.118. The van der Waals surface area contributed by atoms with Gasteiger partial charge in [-0.3, -0.25) is 9.36 Å². The molecule has 0 fully saturated rings. The van der Waals surface area contributed by atoms with Crippen molar-refractivity contribution in [3.63, 3.8) is 0 Å². The fourth-order valence-electron chi connectivity index (χ4n) is 2.53. The van der Waals surface area contributed by atoms with Gasteiger partial charge in [-0.05, 0) is 56.6 Å². The lowest BCUT2D eigenvalue weighted by Gasteiger charge is -2.10. The number of halogens is 1. The first-order valence-electron chi connectivity index (χ1n) is 8.39. The Morgan fingerprint density at radius 3 is 2.67 bits per heavy atom. The second-order valence-electron chi connectivity index (χ2n) is 6.30. The van der Waals surface area contributed by atoms with E-state index in [9.17, 15) is 14.0 Å². The highest BCUT2D eigenvalue weighted by Gasteiger charge is 2.11. The van der Waals surface area contributed by atoms with Gasteiger partial charge in [0.1, 0.15) is 11.6 Å². The molecule has 0 unspecified atom stereocenters. The van der Waals surface area contributed by atoms with Crippen LogP contribution >= 0.6 is 0 Å². The number of aromatic nitrogens is 1. The number of fused-ring (bicyclic) bond motifs is 1. The van der Waals surface area contributed by atoms with Crippen molar-refractivity contribution in [1.82, 2.24) is 9.47 Å². The summed E-state index contributed by atoms with van der Waals surface area (Å²) in [4.78, 5) is 26.1. The van der Waals surface area contributed by atoms with E-state index in [4.69, 9.17) is 9.15 Å². The lowest BCUT2D eigenvalue weighted by Crippen LogP contribution is -2.23. The first kappa shape index (κ1) is 18.7. The van der Waals surface area contributed by atoms with Crippen LogP contribution in [0.25, 0.3) is 11.1 Å². The summed E-state index contributed by atoms with van der Waals surface area (Å²) in [6.45, 7) is 0.934. The van der Waals surface area contributed by atoms with E-state index in [1.165, 1.54) is 28.8 Å². The first-order valence-corrected chi connectivity index (χ1v) is 8.39. The van der Waals surface area contributed by atoms with Gasteiger partial charge in [0.15, 0.2) is 12.2 Å². The van der Waals surface area contributed by atoms with Crippen LogP contribution < -0.4 is 15.8 Å². The second kappa shape index (κ2) is 8.05. The van der Waals surface area contributed by atoms with Gasteiger partial charge in [-0.25, -0.2) is 9.18 Å². The van der Waals surface area contributed by atoms with Crippen LogP contribution in [0.2, 0.25) is 0 Å². The van der Waals surface area contributed by atoms with E-state index < -0.39 is 5.76 Å². The SMILES string of the molecule is CN(C)CCn1c(=O)oc2ccc(NC(=O)COc3ccc(F)cc3)cc21. The molecule has 0 bridgehead atoms. The summed E-state index contributed by atoms with van der Waals surface area (Å²) in [5, 5.41) is 2.71. The van der Waals surface area contributed by atoms with Crippen LogP contribution in [0.5, 0.6) is 5.75 Å². The topological polar surface area (TPSA) is 76.7 Å². The summed E-state index contributed by atoms with van der Waals surface area (Å²) >= 11 is 0. The number of nitrogens with one attached hydrogen (secondary N) is 1. The van der Waals surface area contributed by atoms with Crippen molar-refractivity contribution in [2.75, 3.05) is 32.6 Å². The van der Waals surface area contributed by atoms with Gasteiger partial charge >= 0.3 is 5.76 Å². The quantitative estimate of drug-likeness (QED) is 0.688. The minimum absolute atomic E-state index is 0.220. The molecule has 0 aliphatic heterocycles. The van der Waals surface area contributed by atoms with Gasteiger partial charge < -0.3 is 19.4 Å². The Kier molecular flexibility index (Phi) is 5.56. The molecule has 1 N–H and O–H groups in total. The molecule has 142 valence electrons. The Labute approximate surface area is 154 Å². The molecule has 1 aromatic heterocycles. The minimum Gasteiger partial charge on any atom is -0.484 e. The van der Waals surface area contributed by atoms with Gasteiger partial charge in [0.05, 0.1) is 5.52 Å². The number of hydrogen-bond acceptors (Lipinski definition) is 5. The van der Waals surface area contributed by atoms with E-state index in [1.54, 1.807) is 18.2 Å². The van der Waals surface area contributed by atoms with Crippen molar-refractivity contribution >= 4 is 22.7 Å². The Balaban J connectivity index is 1.68. The highest BCUT2D eigenvalue weighted by Crippen LogP contribution is 2.19. The van der Waals surface area contributed by atoms with Crippen molar-refractivity contribution in [3.8, 4) is 5.75 Å². The predicted octanol–water partition coefficient (Wildman–Crippen LogP) is 2.31. The number of oxazole rings is 1. The number of ether oxygens (including phenoxy) is 1. The molecular weight excluding hydrogens is 353 g/mol. The third-order valence-corrected chi connectivity index (χ3v) is 3.91. The maximum absolute atomic E-state index is 12.9. The molecule has 0 atom stereocenters. The van der Waals surface area contributed by atoms with E-state index in [2.05, 4.69) is 5.32 Å². The van der Waals surface area contributed by atoms with Crippen molar-refractivity contribution in [2.45, 2.75) is 6.54 Å². The number of benzene rings is 2. The third kappa shape index (κ3) is 4.73. The fourth-order valence-corrected chi connectivity index (χ4v) is 2.53. The first-order chi connectivity index (χ1) is 12.9. The zero-order valence-corrected chi connectivity index (χ0v) is 15.1. The van der Waals surface area contributed by atoms with E-state index in [0.717, 1.165) is 0 Å². The van der Waals surface area contributed by atoms with Gasteiger partial charge in [-0.2, -0.15) is 0 Å². The largest absolute Gasteiger partial charge is 0.484 e. The second-order valence-corrected chi connectivity index (χ2v) is 6.30. The predicted molar refractivity (Wildman–Crippen MR) is 99.6 cm³/mol. The Hall–Kier alpha value is -3.13. The molecule has 27 heavy (non-hydrogen) atoms. The molecule has 0 aliphatic carbocycles. The normalized spacial score (nSPS) is 11.1. The number of carbonyl (C=O) groups is 1. The number of anilines is 1. The van der Waals surface area contributed by atoms with Crippen LogP contribution in [0.3, 0.4) is 0 Å². The zero-order chi connectivity index (χ0) is 19.4. The molecule has 2 aromatic carbocycles. The summed E-state index contributed by atoms with van der Waals surface area (Å²) in [6, 6.07) is 10.4. The van der Waals surface area contributed by atoms with E-state index in [1.807, 2.05) is 19.0 Å². The smallest absolute Gasteiger partial charge is 0.419 e. The minimum atomic E-state index is -0.435. The van der Waals surface area contributed by atoms with Crippen LogP contribution in [0.15, 0.2) is 51.7 Å². The summed E-state index contributed by atoms with van der Waals surface area (Å²) < 4.78 is 24.9. The number of carbonyl (C=O) groups excluding carboxylic acids is 1. The molecule has 0 aliphatic rings. The Bertz CT molecular complexity index is 992. The van der Waals surface area contributed by atoms with Crippen molar-refractivity contribution in [3.05, 3.63) is 58.8 Å². The van der Waals surface area contributed by atoms with Crippen LogP contribution in [-0.4, -0.2) is 42.6 Å². The lowest BCUT2D eigenvalue weighted by atomic mass is 10.2. The number of nitrogens with zero attached hydrogens (tertiary/aromatic N) is 2. The van der Waals surface area contributed by atoms with Crippen LogP contribution in [0, 0.1) is 5.82 Å². The highest BCUT2D eigenvalue weighted by atomic mass is 19.1. The molecule has 1 heterocycles. The van der Waals surface area contributed by atoms with E-state index in [-0.39, 0.29) is 18.3 Å². The highest BCUT2D eigenvalue weighted by molar-refractivity contribution is 5.93. The molecule has 0 saturated heterocycles. The van der Waals surface area contributed by atoms with Gasteiger partial charge in [-0.15, -0.1) is 0 Å². The summed E-state index contributed by atoms with van der Waals surface area (Å²) in [6.07, 6.45) is 0. The molecule has 7 nitrogen and oxygen atoms in total. The number of likely N-dealkylation sites (N-methyl/N-ethyl adjacent to an activating group) is 1. The maximum Gasteiger partial charge on any atom is 0.419 e. The summed E-state index contributed by atoms with van der Waals surface area (Å²) in [5.41, 5.74) is 1.59. The number of rotatable bonds is 7. The average Bonchev–Trinajstić information content (AvgIpc) is 2.94. The van der Waals surface area contributed by atoms with Crippen molar-refractivity contribution in [1.29, 1.82) is 0 Å². The zero-order valence-electron chi connectivity index (χ0n) is 15.1. The molecule has 3 aromatic rings. The molecule has 8 heteroatoms. The summed E-state index contributed by atoms with van der Waals surface area (Å²) in [5.74, 6) is -0.783. The molecule has 1 amide bonds. The standard InChI is InChI=1S/C19H20FN3O4/c1-22(2)9-10-23-16-11-14(5-8-17(16)27-19(23)25)21-18(24)12-26-15-6-3-13(20)4-7-15/h3-8,11H,9-10,12H2,1-2H3,(H,21,24). The molecule has 0 radical (unpaired) electrons. The van der Waals surface area contributed by atoms with Gasteiger partial charge in [0.25, 0.3) is 5.91 Å². The van der Waals surface area contributed by atoms with Crippen molar-refractivity contribution < 1.29 is 18.3 Å². The monoisotopic (exact) mass is 373 g/mol. The third-order valence-electron chi connectivity index (χ3n) is 3.91. The summed E-state index contributed by atoms with van der Waals surface area (Å²) in [7, 11) is 3.83. The van der Waals surface area contributed by atoms with Crippen molar-refractivity contribution in [2.24, 2.45) is 0 Å². The number of hydrogen-bond donors (Lipinski definition) is 1. The molecule has 0 saturated carbocycles. The number of amides is 1. The molecule has 0 spiro atoms. The van der Waals surface area contributed by atoms with Crippen LogP contribution in [-0.2, 0) is 11.3 Å². The maximum atomic E-state index is 12.9. The molecular formula is C19H20FN3O4. The van der Waals surface area contributed by atoms with E-state index >= 15 is 0 Å².